The highest BCUT2D eigenvalue weighted by Crippen LogP contribution is 2.50. The lowest BCUT2D eigenvalue weighted by Crippen LogP contribution is -1.92. The minimum atomic E-state index is -3.14. The number of hydrogen-bond donors (Lipinski definition) is 0. The summed E-state index contributed by atoms with van der Waals surface area (Å²) in [6.45, 7) is 4.29. The van der Waals surface area contributed by atoms with E-state index >= 15 is 0 Å². The van der Waals surface area contributed by atoms with Gasteiger partial charge < -0.3 is 9.05 Å². The first kappa shape index (κ1) is 14.9. The number of hydrogen-bond acceptors (Lipinski definition) is 4. The minimum Gasteiger partial charge on any atom is -0.306 e. The third-order valence-corrected chi connectivity index (χ3v) is 4.48. The average Bonchev–Trinajstić information content (AvgIpc) is 2.46. The van der Waals surface area contributed by atoms with Crippen LogP contribution in [-0.4, -0.2) is 18.2 Å². The molecule has 1 aromatic heterocycles. The summed E-state index contributed by atoms with van der Waals surface area (Å²) < 4.78 is 22.7. The normalized spacial score (nSPS) is 12.3. The molecule has 0 unspecified atom stereocenters. The van der Waals surface area contributed by atoms with Crippen molar-refractivity contribution in [3.63, 3.8) is 0 Å². The van der Waals surface area contributed by atoms with Crippen LogP contribution in [0.3, 0.4) is 0 Å². The van der Waals surface area contributed by atoms with E-state index in [0.29, 0.717) is 13.2 Å². The van der Waals surface area contributed by atoms with E-state index < -0.39 is 7.60 Å². The Balaban J connectivity index is 2.25. The fraction of sp³-hybridized carbons (Fsp3) is 0.267. The molecular formula is C15H18NO3P. The van der Waals surface area contributed by atoms with Crippen LogP contribution in [0.25, 0.3) is 16.8 Å². The Morgan fingerprint density at radius 3 is 2.60 bits per heavy atom. The monoisotopic (exact) mass is 291 g/mol. The summed E-state index contributed by atoms with van der Waals surface area (Å²) in [7, 11) is -3.14. The van der Waals surface area contributed by atoms with Crippen molar-refractivity contribution >= 4 is 24.4 Å². The lowest BCUT2D eigenvalue weighted by molar-refractivity contribution is 0.229. The maximum atomic E-state index is 12.3. The van der Waals surface area contributed by atoms with E-state index in [-0.39, 0.29) is 0 Å². The van der Waals surface area contributed by atoms with E-state index in [1.165, 1.54) is 5.82 Å². The molecule has 0 aliphatic rings. The van der Waals surface area contributed by atoms with Gasteiger partial charge in [-0.05, 0) is 43.0 Å². The number of nitrogens with zero attached hydrogens (tertiary/aromatic N) is 1. The molecule has 4 nitrogen and oxygen atoms in total. The number of rotatable bonds is 6. The van der Waals surface area contributed by atoms with Gasteiger partial charge in [-0.1, -0.05) is 12.1 Å². The molecule has 106 valence electrons. The summed E-state index contributed by atoms with van der Waals surface area (Å²) in [5, 5.41) is 2.16. The van der Waals surface area contributed by atoms with Crippen LogP contribution >= 0.6 is 7.60 Å². The van der Waals surface area contributed by atoms with Crippen LogP contribution in [0.4, 0.5) is 0 Å². The van der Waals surface area contributed by atoms with Crippen molar-refractivity contribution < 1.29 is 13.6 Å². The van der Waals surface area contributed by atoms with Gasteiger partial charge in [-0.3, -0.25) is 9.55 Å². The van der Waals surface area contributed by atoms with Gasteiger partial charge >= 0.3 is 7.60 Å². The predicted octanol–water partition coefficient (Wildman–Crippen LogP) is 4.47. The summed E-state index contributed by atoms with van der Waals surface area (Å²) in [4.78, 5) is 4.09. The molecule has 2 rings (SSSR count). The van der Waals surface area contributed by atoms with Crippen molar-refractivity contribution in [1.29, 1.82) is 0 Å². The Morgan fingerprint density at radius 2 is 1.90 bits per heavy atom. The van der Waals surface area contributed by atoms with Crippen molar-refractivity contribution in [3.05, 3.63) is 48.0 Å². The molecule has 0 radical (unpaired) electrons. The molecule has 0 saturated heterocycles. The summed E-state index contributed by atoms with van der Waals surface area (Å²) >= 11 is 0. The van der Waals surface area contributed by atoms with Crippen LogP contribution in [0.2, 0.25) is 0 Å². The van der Waals surface area contributed by atoms with Crippen molar-refractivity contribution in [2.45, 2.75) is 13.8 Å². The number of benzene rings is 1. The van der Waals surface area contributed by atoms with Crippen molar-refractivity contribution in [1.82, 2.24) is 4.98 Å². The molecule has 1 heterocycles. The topological polar surface area (TPSA) is 48.4 Å². The van der Waals surface area contributed by atoms with Crippen LogP contribution in [0.1, 0.15) is 19.4 Å². The maximum Gasteiger partial charge on any atom is 0.354 e. The minimum absolute atomic E-state index is 0.350. The first-order valence-electron chi connectivity index (χ1n) is 6.58. The van der Waals surface area contributed by atoms with E-state index in [1.54, 1.807) is 32.3 Å². The molecule has 1 aromatic carbocycles. The Hall–Kier alpha value is -1.48. The Labute approximate surface area is 119 Å². The summed E-state index contributed by atoms with van der Waals surface area (Å²) in [5.74, 6) is 1.51. The molecular weight excluding hydrogens is 273 g/mol. The quantitative estimate of drug-likeness (QED) is 0.737. The molecule has 0 fully saturated rings. The second kappa shape index (κ2) is 6.80. The molecule has 0 amide bonds. The number of aromatic nitrogens is 1. The number of fused-ring (bicyclic) bond motifs is 1. The van der Waals surface area contributed by atoms with Crippen LogP contribution in [-0.2, 0) is 13.6 Å². The van der Waals surface area contributed by atoms with Gasteiger partial charge in [-0.15, -0.1) is 0 Å². The van der Waals surface area contributed by atoms with E-state index in [0.717, 1.165) is 16.3 Å². The Bertz CT molecular complexity index is 644. The molecule has 5 heteroatoms. The van der Waals surface area contributed by atoms with Crippen molar-refractivity contribution in [2.75, 3.05) is 13.2 Å². The molecule has 0 aliphatic heterocycles. The molecule has 0 aliphatic carbocycles. The number of pyridine rings is 1. The standard InChI is InChI=1S/C15H18NO3P/c1-3-18-20(17,19-4-2)10-8-13-5-6-14-7-9-16-12-15(14)11-13/h5-12H,3-4H2,1-2H3. The van der Waals surface area contributed by atoms with Crippen molar-refractivity contribution in [3.8, 4) is 0 Å². The van der Waals surface area contributed by atoms with E-state index in [4.69, 9.17) is 9.05 Å². The zero-order valence-electron chi connectivity index (χ0n) is 11.7. The lowest BCUT2D eigenvalue weighted by atomic mass is 10.1. The molecule has 20 heavy (non-hydrogen) atoms. The van der Waals surface area contributed by atoms with Crippen LogP contribution in [0.5, 0.6) is 0 Å². The zero-order valence-corrected chi connectivity index (χ0v) is 12.5. The largest absolute Gasteiger partial charge is 0.354 e. The summed E-state index contributed by atoms with van der Waals surface area (Å²) in [6.07, 6.45) is 5.33. The fourth-order valence-electron chi connectivity index (χ4n) is 1.87. The van der Waals surface area contributed by atoms with Crippen LogP contribution in [0, 0.1) is 0 Å². The highest BCUT2D eigenvalue weighted by Gasteiger charge is 2.18. The average molecular weight is 291 g/mol. The van der Waals surface area contributed by atoms with Crippen molar-refractivity contribution in [2.24, 2.45) is 0 Å². The lowest BCUT2D eigenvalue weighted by Gasteiger charge is -2.12. The summed E-state index contributed by atoms with van der Waals surface area (Å²) in [5.41, 5.74) is 0.935. The van der Waals surface area contributed by atoms with Gasteiger partial charge in [0.05, 0.1) is 13.2 Å². The van der Waals surface area contributed by atoms with E-state index in [1.807, 2.05) is 24.3 Å². The highest BCUT2D eigenvalue weighted by molar-refractivity contribution is 7.57. The molecule has 0 spiro atoms. The zero-order chi connectivity index (χ0) is 14.4. The van der Waals surface area contributed by atoms with Gasteiger partial charge in [0.25, 0.3) is 0 Å². The van der Waals surface area contributed by atoms with Crippen LogP contribution in [0.15, 0.2) is 42.5 Å². The second-order valence-electron chi connectivity index (χ2n) is 4.17. The first-order valence-corrected chi connectivity index (χ1v) is 8.20. The maximum absolute atomic E-state index is 12.3. The van der Waals surface area contributed by atoms with Gasteiger partial charge in [0.2, 0.25) is 0 Å². The van der Waals surface area contributed by atoms with E-state index in [9.17, 15) is 4.57 Å². The second-order valence-corrected chi connectivity index (χ2v) is 6.07. The fourth-order valence-corrected chi connectivity index (χ4v) is 3.19. The van der Waals surface area contributed by atoms with Crippen LogP contribution < -0.4 is 0 Å². The molecule has 0 N–H and O–H groups in total. The molecule has 0 saturated carbocycles. The third kappa shape index (κ3) is 3.76. The highest BCUT2D eigenvalue weighted by atomic mass is 31.2. The van der Waals surface area contributed by atoms with Gasteiger partial charge in [0.1, 0.15) is 0 Å². The van der Waals surface area contributed by atoms with Gasteiger partial charge in [-0.2, -0.15) is 0 Å². The van der Waals surface area contributed by atoms with E-state index in [2.05, 4.69) is 4.98 Å². The van der Waals surface area contributed by atoms with Gasteiger partial charge in [-0.25, -0.2) is 0 Å². The molecule has 0 atom stereocenters. The third-order valence-electron chi connectivity index (χ3n) is 2.73. The predicted molar refractivity (Wildman–Crippen MR) is 81.6 cm³/mol. The summed E-state index contributed by atoms with van der Waals surface area (Å²) in [6, 6.07) is 7.90. The molecule has 0 bridgehead atoms. The smallest absolute Gasteiger partial charge is 0.306 e. The first-order chi connectivity index (χ1) is 9.67. The van der Waals surface area contributed by atoms with Gasteiger partial charge in [0, 0.05) is 23.6 Å². The SMILES string of the molecule is CCOP(=O)(C=Cc1ccc2ccncc2c1)OCC. The van der Waals surface area contributed by atoms with Gasteiger partial charge in [0.15, 0.2) is 0 Å². The Kier molecular flexibility index (Phi) is 5.07. The Morgan fingerprint density at radius 1 is 1.15 bits per heavy atom. The molecule has 2 aromatic rings.